The summed E-state index contributed by atoms with van der Waals surface area (Å²) in [5.74, 6) is -2.86. The Balaban J connectivity index is 2.44. The lowest BCUT2D eigenvalue weighted by atomic mass is 9.92. The topological polar surface area (TPSA) is 99.8 Å². The van der Waals surface area contributed by atoms with Crippen molar-refractivity contribution in [2.45, 2.75) is 33.4 Å². The minimum atomic E-state index is -4.67. The number of alkyl halides is 3. The summed E-state index contributed by atoms with van der Waals surface area (Å²) in [5, 5.41) is 9.27. The predicted molar refractivity (Wildman–Crippen MR) is 67.1 cm³/mol. The molecule has 0 saturated heterocycles. The van der Waals surface area contributed by atoms with Crippen LogP contribution in [0.15, 0.2) is 0 Å². The van der Waals surface area contributed by atoms with Crippen molar-refractivity contribution in [2.75, 3.05) is 11.9 Å². The molecule has 3 N–H and O–H groups in total. The summed E-state index contributed by atoms with van der Waals surface area (Å²) in [5.41, 5.74) is -0.230. The van der Waals surface area contributed by atoms with Crippen molar-refractivity contribution < 1.29 is 22.8 Å². The second-order valence-corrected chi connectivity index (χ2v) is 5.57. The number of amides is 2. The Morgan fingerprint density at radius 1 is 1.19 bits per heavy atom. The summed E-state index contributed by atoms with van der Waals surface area (Å²) in [7, 11) is 0. The highest BCUT2D eigenvalue weighted by Crippen LogP contribution is 2.26. The molecule has 0 spiro atoms. The average Bonchev–Trinajstić information content (AvgIpc) is 2.72. The summed E-state index contributed by atoms with van der Waals surface area (Å²) in [4.78, 5) is 26.0. The highest BCUT2D eigenvalue weighted by atomic mass is 19.4. The molecule has 0 atom stereocenters. The number of carbonyl (C=O) groups is 2. The molecule has 1 aromatic heterocycles. The zero-order chi connectivity index (χ0) is 16.3. The zero-order valence-electron chi connectivity index (χ0n) is 11.8. The first-order chi connectivity index (χ1) is 9.47. The van der Waals surface area contributed by atoms with Crippen LogP contribution in [0.4, 0.5) is 19.1 Å². The molecule has 2 amide bonds. The van der Waals surface area contributed by atoms with E-state index in [2.05, 4.69) is 15.4 Å². The molecule has 1 heterocycles. The second kappa shape index (κ2) is 6.10. The number of halogens is 3. The van der Waals surface area contributed by atoms with Crippen molar-refractivity contribution in [3.8, 4) is 0 Å². The molecule has 0 unspecified atom stereocenters. The Bertz CT molecular complexity index is 519. The van der Waals surface area contributed by atoms with Crippen LogP contribution in [0.5, 0.6) is 0 Å². The lowest BCUT2D eigenvalue weighted by Gasteiger charge is -2.16. The van der Waals surface area contributed by atoms with Crippen LogP contribution in [-0.2, 0) is 15.8 Å². The molecule has 0 radical (unpaired) electrons. The first-order valence-electron chi connectivity index (χ1n) is 6.03. The van der Waals surface area contributed by atoms with Crippen molar-refractivity contribution in [2.24, 2.45) is 5.41 Å². The Labute approximate surface area is 118 Å². The normalized spacial score (nSPS) is 12.1. The SMILES string of the molecule is CC(C)(C)CC(=O)NCC(=O)Nc1n[nH]c(C(F)(F)F)n1. The van der Waals surface area contributed by atoms with Gasteiger partial charge in [0, 0.05) is 6.42 Å². The number of aromatic amines is 1. The number of carbonyl (C=O) groups excluding carboxylic acids is 2. The molecule has 7 nitrogen and oxygen atoms in total. The molecule has 0 fully saturated rings. The van der Waals surface area contributed by atoms with E-state index in [1.807, 2.05) is 26.1 Å². The van der Waals surface area contributed by atoms with Gasteiger partial charge in [-0.3, -0.25) is 20.0 Å². The van der Waals surface area contributed by atoms with Crippen molar-refractivity contribution in [3.63, 3.8) is 0 Å². The van der Waals surface area contributed by atoms with Crippen LogP contribution < -0.4 is 10.6 Å². The van der Waals surface area contributed by atoms with Crippen LogP contribution in [0.1, 0.15) is 33.0 Å². The lowest BCUT2D eigenvalue weighted by Crippen LogP contribution is -2.34. The van der Waals surface area contributed by atoms with Gasteiger partial charge in [-0.05, 0) is 5.41 Å². The van der Waals surface area contributed by atoms with Crippen LogP contribution in [0.25, 0.3) is 0 Å². The van der Waals surface area contributed by atoms with Crippen molar-refractivity contribution in [3.05, 3.63) is 5.82 Å². The fourth-order valence-electron chi connectivity index (χ4n) is 1.34. The van der Waals surface area contributed by atoms with Gasteiger partial charge in [0.15, 0.2) is 0 Å². The van der Waals surface area contributed by atoms with Gasteiger partial charge in [0.1, 0.15) is 0 Å². The van der Waals surface area contributed by atoms with Gasteiger partial charge in [-0.2, -0.15) is 18.2 Å². The van der Waals surface area contributed by atoms with Crippen molar-refractivity contribution in [1.29, 1.82) is 0 Å². The molecule has 1 aromatic rings. The van der Waals surface area contributed by atoms with Crippen LogP contribution in [0.3, 0.4) is 0 Å². The smallest absolute Gasteiger partial charge is 0.347 e. The number of rotatable bonds is 4. The second-order valence-electron chi connectivity index (χ2n) is 5.57. The Morgan fingerprint density at radius 2 is 1.81 bits per heavy atom. The Morgan fingerprint density at radius 3 is 2.29 bits per heavy atom. The molecule has 0 aliphatic heterocycles. The van der Waals surface area contributed by atoms with E-state index in [1.54, 1.807) is 5.10 Å². The standard InChI is InChI=1S/C11H16F3N5O2/c1-10(2,3)4-6(20)15-5-7(21)16-9-17-8(18-19-9)11(12,13)14/h4-5H2,1-3H3,(H,15,20)(H2,16,17,18,19,21). The number of aromatic nitrogens is 3. The largest absolute Gasteiger partial charge is 0.451 e. The summed E-state index contributed by atoms with van der Waals surface area (Å²) >= 11 is 0. The summed E-state index contributed by atoms with van der Waals surface area (Å²) in [6.07, 6.45) is -4.45. The monoisotopic (exact) mass is 307 g/mol. The average molecular weight is 307 g/mol. The quantitative estimate of drug-likeness (QED) is 0.781. The molecule has 0 aliphatic carbocycles. The number of H-pyrrole nitrogens is 1. The van der Waals surface area contributed by atoms with Crippen LogP contribution in [0.2, 0.25) is 0 Å². The fourth-order valence-corrected chi connectivity index (χ4v) is 1.34. The maximum Gasteiger partial charge on any atom is 0.451 e. The van der Waals surface area contributed by atoms with E-state index in [4.69, 9.17) is 0 Å². The molecule has 0 saturated carbocycles. The molecule has 0 bridgehead atoms. The van der Waals surface area contributed by atoms with Crippen LogP contribution >= 0.6 is 0 Å². The number of nitrogens with zero attached hydrogens (tertiary/aromatic N) is 2. The Hall–Kier alpha value is -2.13. The molecular formula is C11H16F3N5O2. The van der Waals surface area contributed by atoms with Gasteiger partial charge in [-0.1, -0.05) is 20.8 Å². The van der Waals surface area contributed by atoms with Gasteiger partial charge in [0.25, 0.3) is 0 Å². The van der Waals surface area contributed by atoms with E-state index in [0.717, 1.165) is 0 Å². The third-order valence-corrected chi connectivity index (χ3v) is 2.14. The van der Waals surface area contributed by atoms with Crippen LogP contribution in [0, 0.1) is 5.41 Å². The third-order valence-electron chi connectivity index (χ3n) is 2.14. The maximum absolute atomic E-state index is 12.2. The van der Waals surface area contributed by atoms with Gasteiger partial charge in [0.2, 0.25) is 23.6 Å². The number of anilines is 1. The Kier molecular flexibility index (Phi) is 4.92. The van der Waals surface area contributed by atoms with Crippen molar-refractivity contribution >= 4 is 17.8 Å². The number of nitrogens with one attached hydrogen (secondary N) is 3. The number of hydrogen-bond acceptors (Lipinski definition) is 4. The minimum Gasteiger partial charge on any atom is -0.347 e. The summed E-state index contributed by atoms with van der Waals surface area (Å²) in [6.45, 7) is 5.21. The maximum atomic E-state index is 12.2. The van der Waals surface area contributed by atoms with E-state index >= 15 is 0 Å². The first kappa shape index (κ1) is 16.9. The lowest BCUT2D eigenvalue weighted by molar-refractivity contribution is -0.144. The molecule has 0 aliphatic rings. The predicted octanol–water partition coefficient (Wildman–Crippen LogP) is 1.31. The van der Waals surface area contributed by atoms with E-state index in [-0.39, 0.29) is 24.3 Å². The van der Waals surface area contributed by atoms with Crippen LogP contribution in [-0.4, -0.2) is 33.5 Å². The van der Waals surface area contributed by atoms with Gasteiger partial charge in [-0.25, -0.2) is 0 Å². The van der Waals surface area contributed by atoms with Gasteiger partial charge in [0.05, 0.1) is 6.54 Å². The molecule has 118 valence electrons. The van der Waals surface area contributed by atoms with E-state index in [0.29, 0.717) is 0 Å². The molecule has 0 aromatic carbocycles. The highest BCUT2D eigenvalue weighted by molar-refractivity contribution is 5.93. The molecule has 21 heavy (non-hydrogen) atoms. The van der Waals surface area contributed by atoms with Crippen molar-refractivity contribution in [1.82, 2.24) is 20.5 Å². The molecule has 1 rings (SSSR count). The zero-order valence-corrected chi connectivity index (χ0v) is 11.8. The van der Waals surface area contributed by atoms with E-state index in [9.17, 15) is 22.8 Å². The summed E-state index contributed by atoms with van der Waals surface area (Å²) < 4.78 is 36.7. The first-order valence-corrected chi connectivity index (χ1v) is 6.03. The third kappa shape index (κ3) is 6.23. The fraction of sp³-hybridized carbons (Fsp3) is 0.636. The number of hydrogen-bond donors (Lipinski definition) is 3. The summed E-state index contributed by atoms with van der Waals surface area (Å²) in [6, 6.07) is 0. The van der Waals surface area contributed by atoms with Gasteiger partial charge < -0.3 is 5.32 Å². The minimum absolute atomic E-state index is 0.221. The molecule has 10 heteroatoms. The highest BCUT2D eigenvalue weighted by Gasteiger charge is 2.35. The van der Waals surface area contributed by atoms with E-state index < -0.39 is 23.9 Å². The van der Waals surface area contributed by atoms with Gasteiger partial charge >= 0.3 is 6.18 Å². The van der Waals surface area contributed by atoms with E-state index in [1.165, 1.54) is 0 Å². The van der Waals surface area contributed by atoms with Gasteiger partial charge in [-0.15, -0.1) is 5.10 Å². The molecular weight excluding hydrogens is 291 g/mol.